The number of ether oxygens (including phenoxy) is 2. The number of hydrogen-bond acceptors (Lipinski definition) is 5. The number of carbonyl (C=O) groups is 1. The van der Waals surface area contributed by atoms with Gasteiger partial charge in [-0.05, 0) is 62.4 Å². The van der Waals surface area contributed by atoms with E-state index < -0.39 is 0 Å². The van der Waals surface area contributed by atoms with Crippen LogP contribution in [0.15, 0.2) is 42.6 Å². The summed E-state index contributed by atoms with van der Waals surface area (Å²) in [4.78, 5) is 17.1. The molecular weight excluding hydrogens is 437 g/mol. The summed E-state index contributed by atoms with van der Waals surface area (Å²) in [6.07, 6.45) is 5.83. The molecule has 1 saturated carbocycles. The standard InChI is InChI=1S/C23H29N3O3.2ClH/c1-2-14-28-19-7-3-4-8-20(19)29-22-17(6-5-11-25-22)16-26-21(27)18-15-23(18)9-12-24-13-10-23;;/h3-8,11,18,24H,2,9-10,12-16H2,1H3,(H,26,27);2*1H. The van der Waals surface area contributed by atoms with Gasteiger partial charge < -0.3 is 20.1 Å². The molecule has 1 spiro atoms. The zero-order valence-corrected chi connectivity index (χ0v) is 19.4. The normalized spacial score (nSPS) is 18.3. The molecule has 1 aliphatic heterocycles. The topological polar surface area (TPSA) is 72.5 Å². The molecule has 0 bridgehead atoms. The van der Waals surface area contributed by atoms with Gasteiger partial charge in [0.25, 0.3) is 0 Å². The second-order valence-corrected chi connectivity index (χ2v) is 7.95. The fourth-order valence-corrected chi connectivity index (χ4v) is 4.12. The minimum Gasteiger partial charge on any atom is -0.490 e. The lowest BCUT2D eigenvalue weighted by Gasteiger charge is -2.23. The zero-order chi connectivity index (χ0) is 20.1. The van der Waals surface area contributed by atoms with Crippen LogP contribution in [-0.2, 0) is 11.3 Å². The van der Waals surface area contributed by atoms with Crippen molar-refractivity contribution in [1.29, 1.82) is 0 Å². The van der Waals surface area contributed by atoms with E-state index in [4.69, 9.17) is 9.47 Å². The second kappa shape index (κ2) is 11.6. The van der Waals surface area contributed by atoms with E-state index in [0.29, 0.717) is 30.5 Å². The Morgan fingerprint density at radius 3 is 2.65 bits per heavy atom. The number of rotatable bonds is 8. The highest BCUT2D eigenvalue weighted by Crippen LogP contribution is 2.58. The van der Waals surface area contributed by atoms with Gasteiger partial charge in [-0.1, -0.05) is 25.1 Å². The Kier molecular flexibility index (Phi) is 9.41. The summed E-state index contributed by atoms with van der Waals surface area (Å²) in [5, 5.41) is 6.48. The van der Waals surface area contributed by atoms with Crippen molar-refractivity contribution in [3.8, 4) is 17.4 Å². The van der Waals surface area contributed by atoms with Crippen LogP contribution < -0.4 is 20.1 Å². The summed E-state index contributed by atoms with van der Waals surface area (Å²) in [5.41, 5.74) is 1.09. The van der Waals surface area contributed by atoms with Crippen LogP contribution in [0, 0.1) is 11.3 Å². The number of pyridine rings is 1. The first-order valence-corrected chi connectivity index (χ1v) is 10.5. The summed E-state index contributed by atoms with van der Waals surface area (Å²) in [6, 6.07) is 11.4. The van der Waals surface area contributed by atoms with E-state index in [9.17, 15) is 4.79 Å². The van der Waals surface area contributed by atoms with E-state index in [1.807, 2.05) is 36.4 Å². The van der Waals surface area contributed by atoms with Gasteiger partial charge in [0.15, 0.2) is 11.5 Å². The molecule has 1 unspecified atom stereocenters. The number of carbonyl (C=O) groups excluding carboxylic acids is 1. The molecule has 31 heavy (non-hydrogen) atoms. The number of para-hydroxylation sites is 2. The van der Waals surface area contributed by atoms with Gasteiger partial charge in [0.05, 0.1) is 6.61 Å². The number of nitrogens with zero attached hydrogens (tertiary/aromatic N) is 1. The molecule has 0 radical (unpaired) electrons. The van der Waals surface area contributed by atoms with Crippen molar-refractivity contribution in [2.75, 3.05) is 19.7 Å². The smallest absolute Gasteiger partial charge is 0.224 e. The number of amides is 1. The first-order chi connectivity index (χ1) is 14.2. The Bertz CT molecular complexity index is 859. The maximum absolute atomic E-state index is 12.7. The van der Waals surface area contributed by atoms with Gasteiger partial charge in [-0.3, -0.25) is 4.79 Å². The molecular formula is C23H31Cl2N3O3. The van der Waals surface area contributed by atoms with E-state index in [1.54, 1.807) is 6.20 Å². The molecule has 6 nitrogen and oxygen atoms in total. The van der Waals surface area contributed by atoms with Crippen LogP contribution in [0.2, 0.25) is 0 Å². The molecule has 2 aromatic rings. The average Bonchev–Trinajstić information content (AvgIpc) is 3.45. The minimum absolute atomic E-state index is 0. The zero-order valence-electron chi connectivity index (χ0n) is 17.8. The van der Waals surface area contributed by atoms with E-state index >= 15 is 0 Å². The maximum atomic E-state index is 12.7. The quantitative estimate of drug-likeness (QED) is 0.597. The SMILES string of the molecule is CCCOc1ccccc1Oc1ncccc1CNC(=O)C1CC12CCNCC2.Cl.Cl. The average molecular weight is 468 g/mol. The van der Waals surface area contributed by atoms with Crippen molar-refractivity contribution in [3.05, 3.63) is 48.2 Å². The molecule has 2 aliphatic rings. The van der Waals surface area contributed by atoms with Crippen molar-refractivity contribution in [2.24, 2.45) is 11.3 Å². The molecule has 2 N–H and O–H groups in total. The lowest BCUT2D eigenvalue weighted by Crippen LogP contribution is -2.33. The van der Waals surface area contributed by atoms with E-state index in [0.717, 1.165) is 44.3 Å². The Morgan fingerprint density at radius 2 is 1.90 bits per heavy atom. The molecule has 8 heteroatoms. The first-order valence-electron chi connectivity index (χ1n) is 10.5. The molecule has 1 saturated heterocycles. The number of hydrogen-bond donors (Lipinski definition) is 2. The molecule has 1 atom stereocenters. The van der Waals surface area contributed by atoms with E-state index in [-0.39, 0.29) is 42.1 Å². The minimum atomic E-state index is 0. The highest BCUT2D eigenvalue weighted by atomic mass is 35.5. The van der Waals surface area contributed by atoms with E-state index in [1.165, 1.54) is 0 Å². The van der Waals surface area contributed by atoms with Gasteiger partial charge in [0, 0.05) is 24.2 Å². The Hall–Kier alpha value is -2.02. The fourth-order valence-electron chi connectivity index (χ4n) is 4.12. The summed E-state index contributed by atoms with van der Waals surface area (Å²) in [7, 11) is 0. The van der Waals surface area contributed by atoms with Crippen LogP contribution in [0.4, 0.5) is 0 Å². The predicted molar refractivity (Wildman–Crippen MR) is 126 cm³/mol. The molecule has 2 fully saturated rings. The fraction of sp³-hybridized carbons (Fsp3) is 0.478. The Morgan fingerprint density at radius 1 is 1.16 bits per heavy atom. The van der Waals surface area contributed by atoms with Gasteiger partial charge in [-0.15, -0.1) is 24.8 Å². The molecule has 1 aromatic heterocycles. The first kappa shape index (κ1) is 25.2. The summed E-state index contributed by atoms with van der Waals surface area (Å²) < 4.78 is 11.8. The summed E-state index contributed by atoms with van der Waals surface area (Å²) in [6.45, 7) is 5.14. The van der Waals surface area contributed by atoms with Gasteiger partial charge in [0.2, 0.25) is 11.8 Å². The van der Waals surface area contributed by atoms with Crippen LogP contribution in [0.5, 0.6) is 17.4 Å². The molecule has 2 heterocycles. The third-order valence-corrected chi connectivity index (χ3v) is 5.93. The Labute approximate surface area is 196 Å². The van der Waals surface area contributed by atoms with Crippen molar-refractivity contribution in [1.82, 2.24) is 15.6 Å². The van der Waals surface area contributed by atoms with Crippen LogP contribution in [-0.4, -0.2) is 30.6 Å². The van der Waals surface area contributed by atoms with Gasteiger partial charge in [-0.2, -0.15) is 0 Å². The molecule has 170 valence electrons. The van der Waals surface area contributed by atoms with Crippen molar-refractivity contribution in [2.45, 2.75) is 39.2 Å². The van der Waals surface area contributed by atoms with Gasteiger partial charge in [-0.25, -0.2) is 4.98 Å². The van der Waals surface area contributed by atoms with Crippen LogP contribution in [0.25, 0.3) is 0 Å². The van der Waals surface area contributed by atoms with Crippen molar-refractivity contribution >= 4 is 30.7 Å². The highest BCUT2D eigenvalue weighted by Gasteiger charge is 2.57. The number of aromatic nitrogens is 1. The third kappa shape index (κ3) is 6.03. The number of piperidine rings is 1. The predicted octanol–water partition coefficient (Wildman–Crippen LogP) is 4.51. The van der Waals surface area contributed by atoms with Crippen LogP contribution >= 0.6 is 24.8 Å². The summed E-state index contributed by atoms with van der Waals surface area (Å²) in [5.74, 6) is 2.11. The van der Waals surface area contributed by atoms with Gasteiger partial charge >= 0.3 is 0 Å². The molecule has 1 aromatic carbocycles. The van der Waals surface area contributed by atoms with Gasteiger partial charge in [0.1, 0.15) is 0 Å². The monoisotopic (exact) mass is 467 g/mol. The lowest BCUT2D eigenvalue weighted by molar-refractivity contribution is -0.123. The molecule has 4 rings (SSSR count). The van der Waals surface area contributed by atoms with Crippen molar-refractivity contribution in [3.63, 3.8) is 0 Å². The maximum Gasteiger partial charge on any atom is 0.224 e. The molecule has 1 amide bonds. The largest absolute Gasteiger partial charge is 0.490 e. The second-order valence-electron chi connectivity index (χ2n) is 7.95. The number of benzene rings is 1. The Balaban J connectivity index is 0.00000171. The van der Waals surface area contributed by atoms with E-state index in [2.05, 4.69) is 22.5 Å². The third-order valence-electron chi connectivity index (χ3n) is 5.93. The number of halogens is 2. The lowest BCUT2D eigenvalue weighted by atomic mass is 9.92. The van der Waals surface area contributed by atoms with Crippen LogP contribution in [0.3, 0.4) is 0 Å². The highest BCUT2D eigenvalue weighted by molar-refractivity contribution is 5.85. The molecule has 1 aliphatic carbocycles. The van der Waals surface area contributed by atoms with Crippen LogP contribution in [0.1, 0.15) is 38.2 Å². The van der Waals surface area contributed by atoms with Crippen molar-refractivity contribution < 1.29 is 14.3 Å². The number of nitrogens with one attached hydrogen (secondary N) is 2. The summed E-state index contributed by atoms with van der Waals surface area (Å²) >= 11 is 0.